The Morgan fingerprint density at radius 1 is 1.06 bits per heavy atom. The molecule has 2 unspecified atom stereocenters. The molecule has 0 bridgehead atoms. The Morgan fingerprint density at radius 3 is 2.00 bits per heavy atom. The molecule has 0 aliphatic heterocycles. The fourth-order valence-electron chi connectivity index (χ4n) is 2.04. The number of carboxylic acid groups (broad SMARTS) is 2. The minimum absolute atomic E-state index is 0.440. The number of benzene rings is 1. The average Bonchev–Trinajstić information content (AvgIpc) is 2.78. The molecule has 1 aromatic rings. The van der Waals surface area contributed by atoms with Gasteiger partial charge in [-0.2, -0.15) is 0 Å². The Kier molecular flexibility index (Phi) is 5.32. The molecule has 2 rings (SSSR count). The molecular weight excluding hydrogens is 234 g/mol. The van der Waals surface area contributed by atoms with Gasteiger partial charge in [-0.1, -0.05) is 30.3 Å². The van der Waals surface area contributed by atoms with Crippen LogP contribution in [0.4, 0.5) is 0 Å². The summed E-state index contributed by atoms with van der Waals surface area (Å²) in [6.45, 7) is 0. The van der Waals surface area contributed by atoms with E-state index in [9.17, 15) is 0 Å². The summed E-state index contributed by atoms with van der Waals surface area (Å²) in [6.07, 6.45) is 3.63. The van der Waals surface area contributed by atoms with E-state index in [4.69, 9.17) is 25.5 Å². The molecule has 98 valence electrons. The van der Waals surface area contributed by atoms with E-state index in [0.717, 1.165) is 5.92 Å². The van der Waals surface area contributed by atoms with E-state index in [2.05, 4.69) is 30.3 Å². The Morgan fingerprint density at radius 2 is 1.61 bits per heavy atom. The van der Waals surface area contributed by atoms with Crippen molar-refractivity contribution >= 4 is 11.9 Å². The molecule has 0 spiro atoms. The first-order valence-electron chi connectivity index (χ1n) is 5.77. The zero-order chi connectivity index (χ0) is 13.5. The lowest BCUT2D eigenvalue weighted by Crippen LogP contribution is -2.14. The summed E-state index contributed by atoms with van der Waals surface area (Å²) < 4.78 is 0. The molecule has 0 amide bonds. The Labute approximate surface area is 105 Å². The quantitative estimate of drug-likeness (QED) is 0.655. The maximum Gasteiger partial charge on any atom is 0.414 e. The molecule has 2 atom stereocenters. The fourth-order valence-corrected chi connectivity index (χ4v) is 2.04. The standard InChI is InChI=1S/C11H15N.C2H2O4/c12-11-7-6-10(8-11)9-4-2-1-3-5-9;3-1(4)2(5)6/h1-5,10-11H,6-8,12H2;(H,3,4)(H,5,6). The van der Waals surface area contributed by atoms with E-state index < -0.39 is 11.9 Å². The van der Waals surface area contributed by atoms with Gasteiger partial charge in [-0.3, -0.25) is 0 Å². The highest BCUT2D eigenvalue weighted by molar-refractivity contribution is 6.27. The summed E-state index contributed by atoms with van der Waals surface area (Å²) in [7, 11) is 0. The lowest BCUT2D eigenvalue weighted by atomic mass is 9.98. The van der Waals surface area contributed by atoms with Crippen LogP contribution in [0.3, 0.4) is 0 Å². The average molecular weight is 251 g/mol. The second-order valence-electron chi connectivity index (χ2n) is 4.29. The highest BCUT2D eigenvalue weighted by Crippen LogP contribution is 2.32. The summed E-state index contributed by atoms with van der Waals surface area (Å²) in [6, 6.07) is 11.2. The van der Waals surface area contributed by atoms with Crippen LogP contribution in [0.15, 0.2) is 30.3 Å². The third-order valence-corrected chi connectivity index (χ3v) is 2.93. The van der Waals surface area contributed by atoms with Gasteiger partial charge in [0.15, 0.2) is 0 Å². The Hall–Kier alpha value is -1.88. The van der Waals surface area contributed by atoms with Crippen molar-refractivity contribution in [2.75, 3.05) is 0 Å². The minimum Gasteiger partial charge on any atom is -0.473 e. The van der Waals surface area contributed by atoms with E-state index in [-0.39, 0.29) is 0 Å². The summed E-state index contributed by atoms with van der Waals surface area (Å²) in [5.41, 5.74) is 7.33. The molecule has 1 saturated carbocycles. The van der Waals surface area contributed by atoms with Gasteiger partial charge in [0.05, 0.1) is 0 Å². The summed E-state index contributed by atoms with van der Waals surface area (Å²) in [5, 5.41) is 14.8. The molecule has 0 aromatic heterocycles. The first kappa shape index (κ1) is 14.2. The number of hydrogen-bond acceptors (Lipinski definition) is 3. The number of carboxylic acids is 2. The third kappa shape index (κ3) is 4.55. The lowest BCUT2D eigenvalue weighted by Gasteiger charge is -2.08. The van der Waals surface area contributed by atoms with Crippen LogP contribution in [0, 0.1) is 0 Å². The van der Waals surface area contributed by atoms with Crippen LogP contribution in [0.2, 0.25) is 0 Å². The van der Waals surface area contributed by atoms with E-state index in [1.807, 2.05) is 0 Å². The van der Waals surface area contributed by atoms with Gasteiger partial charge in [-0.25, -0.2) is 9.59 Å². The first-order valence-corrected chi connectivity index (χ1v) is 5.77. The summed E-state index contributed by atoms with van der Waals surface area (Å²) >= 11 is 0. The van der Waals surface area contributed by atoms with Crippen LogP contribution >= 0.6 is 0 Å². The monoisotopic (exact) mass is 251 g/mol. The fraction of sp³-hybridized carbons (Fsp3) is 0.385. The van der Waals surface area contributed by atoms with E-state index in [1.165, 1.54) is 24.8 Å². The second-order valence-corrected chi connectivity index (χ2v) is 4.29. The predicted molar refractivity (Wildman–Crippen MR) is 66.3 cm³/mol. The molecule has 1 fully saturated rings. The van der Waals surface area contributed by atoms with Crippen LogP contribution in [0.1, 0.15) is 30.7 Å². The van der Waals surface area contributed by atoms with Gasteiger partial charge >= 0.3 is 11.9 Å². The number of nitrogens with two attached hydrogens (primary N) is 1. The van der Waals surface area contributed by atoms with Crippen molar-refractivity contribution in [1.82, 2.24) is 0 Å². The van der Waals surface area contributed by atoms with Crippen molar-refractivity contribution in [2.24, 2.45) is 5.73 Å². The largest absolute Gasteiger partial charge is 0.473 e. The molecule has 0 saturated heterocycles. The van der Waals surface area contributed by atoms with Crippen molar-refractivity contribution < 1.29 is 19.8 Å². The van der Waals surface area contributed by atoms with Crippen LogP contribution in [-0.2, 0) is 9.59 Å². The highest BCUT2D eigenvalue weighted by Gasteiger charge is 2.22. The van der Waals surface area contributed by atoms with Crippen LogP contribution in [0.5, 0.6) is 0 Å². The van der Waals surface area contributed by atoms with E-state index in [0.29, 0.717) is 6.04 Å². The predicted octanol–water partition coefficient (Wildman–Crippen LogP) is 1.44. The SMILES string of the molecule is NC1CCC(c2ccccc2)C1.O=C(O)C(=O)O. The van der Waals surface area contributed by atoms with E-state index in [1.54, 1.807) is 0 Å². The molecular formula is C13H17NO4. The van der Waals surface area contributed by atoms with Gasteiger partial charge < -0.3 is 15.9 Å². The molecule has 5 nitrogen and oxygen atoms in total. The van der Waals surface area contributed by atoms with Crippen LogP contribution < -0.4 is 5.73 Å². The molecule has 1 aliphatic carbocycles. The first-order chi connectivity index (χ1) is 8.50. The van der Waals surface area contributed by atoms with Gasteiger partial charge in [0.25, 0.3) is 0 Å². The van der Waals surface area contributed by atoms with Crippen molar-refractivity contribution in [3.63, 3.8) is 0 Å². The van der Waals surface area contributed by atoms with Crippen LogP contribution in [0.25, 0.3) is 0 Å². The Bertz CT molecular complexity index is 393. The number of carbonyl (C=O) groups is 2. The Balaban J connectivity index is 0.000000232. The summed E-state index contributed by atoms with van der Waals surface area (Å²) in [4.78, 5) is 18.2. The molecule has 1 aliphatic rings. The number of rotatable bonds is 1. The number of aliphatic carboxylic acids is 2. The van der Waals surface area contributed by atoms with Gasteiger partial charge in [0.1, 0.15) is 0 Å². The topological polar surface area (TPSA) is 101 Å². The summed E-state index contributed by atoms with van der Waals surface area (Å²) in [5.74, 6) is -2.92. The van der Waals surface area contributed by atoms with Crippen LogP contribution in [-0.4, -0.2) is 28.2 Å². The molecule has 18 heavy (non-hydrogen) atoms. The minimum atomic E-state index is -1.82. The molecule has 1 aromatic carbocycles. The molecule has 4 N–H and O–H groups in total. The molecule has 0 radical (unpaired) electrons. The maximum absolute atomic E-state index is 9.10. The van der Waals surface area contributed by atoms with Crippen molar-refractivity contribution in [1.29, 1.82) is 0 Å². The zero-order valence-corrected chi connectivity index (χ0v) is 9.95. The highest BCUT2D eigenvalue weighted by atomic mass is 16.4. The van der Waals surface area contributed by atoms with Crippen molar-refractivity contribution in [2.45, 2.75) is 31.2 Å². The van der Waals surface area contributed by atoms with Crippen molar-refractivity contribution in [3.8, 4) is 0 Å². The third-order valence-electron chi connectivity index (χ3n) is 2.93. The molecule has 0 heterocycles. The lowest BCUT2D eigenvalue weighted by molar-refractivity contribution is -0.159. The molecule has 5 heteroatoms. The number of hydrogen-bond donors (Lipinski definition) is 3. The smallest absolute Gasteiger partial charge is 0.414 e. The van der Waals surface area contributed by atoms with E-state index >= 15 is 0 Å². The van der Waals surface area contributed by atoms with Crippen molar-refractivity contribution in [3.05, 3.63) is 35.9 Å². The van der Waals surface area contributed by atoms with Gasteiger partial charge in [-0.15, -0.1) is 0 Å². The van der Waals surface area contributed by atoms with Gasteiger partial charge in [-0.05, 0) is 30.7 Å². The van der Waals surface area contributed by atoms with Gasteiger partial charge in [0, 0.05) is 6.04 Å². The van der Waals surface area contributed by atoms with Gasteiger partial charge in [0.2, 0.25) is 0 Å². The normalized spacial score (nSPS) is 21.8. The zero-order valence-electron chi connectivity index (χ0n) is 9.95. The second kappa shape index (κ2) is 6.76. The maximum atomic E-state index is 9.10.